The number of amides is 1. The monoisotopic (exact) mass is 373 g/mol. The summed E-state index contributed by atoms with van der Waals surface area (Å²) >= 11 is 5.97. The summed E-state index contributed by atoms with van der Waals surface area (Å²) in [6.45, 7) is 0. The molecule has 3 rings (SSSR count). The molecule has 3 aromatic rings. The van der Waals surface area contributed by atoms with Crippen molar-refractivity contribution in [2.45, 2.75) is 0 Å². The first kappa shape index (κ1) is 17.6. The summed E-state index contributed by atoms with van der Waals surface area (Å²) in [7, 11) is 1.29. The maximum absolute atomic E-state index is 14.4. The van der Waals surface area contributed by atoms with E-state index in [1.165, 1.54) is 37.7 Å². The predicted molar refractivity (Wildman–Crippen MR) is 94.4 cm³/mol. The van der Waals surface area contributed by atoms with Gasteiger partial charge in [0.2, 0.25) is 0 Å². The van der Waals surface area contributed by atoms with Gasteiger partial charge in [-0.3, -0.25) is 14.6 Å². The summed E-state index contributed by atoms with van der Waals surface area (Å²) < 4.78 is 19.3. The molecule has 0 radical (unpaired) electrons. The fourth-order valence-electron chi connectivity index (χ4n) is 2.34. The molecule has 0 bridgehead atoms. The molecule has 0 aliphatic rings. The number of ketones is 1. The van der Waals surface area contributed by atoms with E-state index >= 15 is 0 Å². The molecule has 2 aromatic heterocycles. The van der Waals surface area contributed by atoms with Crippen LogP contribution in [-0.4, -0.2) is 28.8 Å². The lowest BCUT2D eigenvalue weighted by Gasteiger charge is -2.08. The summed E-state index contributed by atoms with van der Waals surface area (Å²) in [6.07, 6.45) is 4.38. The third-order valence-corrected chi connectivity index (χ3v) is 3.93. The number of carbonyl (C=O) groups is 2. The highest BCUT2D eigenvalue weighted by Crippen LogP contribution is 2.29. The fraction of sp³-hybridized carbons (Fsp3) is 0.0556. The number of benzene rings is 1. The first-order valence-electron chi connectivity index (χ1n) is 7.47. The second-order valence-electron chi connectivity index (χ2n) is 5.27. The zero-order valence-corrected chi connectivity index (χ0v) is 14.3. The average molecular weight is 374 g/mol. The normalized spacial score (nSPS) is 10.4. The maximum Gasteiger partial charge on any atom is 0.272 e. The minimum Gasteiger partial charge on any atom is -0.494 e. The van der Waals surface area contributed by atoms with Crippen molar-refractivity contribution in [3.05, 3.63) is 76.6 Å². The van der Waals surface area contributed by atoms with Gasteiger partial charge in [0.25, 0.3) is 5.91 Å². The van der Waals surface area contributed by atoms with Crippen LogP contribution in [0.15, 0.2) is 48.9 Å². The standard InChI is InChI=1S/C18H13ClFN3O3/c1-26-14-5-4-12(19)15(16(14)20)17(24)10-7-13(22-8-10)18(25)23-11-3-2-6-21-9-11/h2-9,22H,1H3,(H,23,25). The molecule has 6 nitrogen and oxygen atoms in total. The SMILES string of the molecule is COc1ccc(Cl)c(C(=O)c2c[nH]c(C(=O)Nc3cccnc3)c2)c1F. The van der Waals surface area contributed by atoms with Gasteiger partial charge in [-0.2, -0.15) is 0 Å². The molecule has 0 saturated carbocycles. The molecule has 0 spiro atoms. The summed E-state index contributed by atoms with van der Waals surface area (Å²) in [4.78, 5) is 31.4. The van der Waals surface area contributed by atoms with E-state index in [0.717, 1.165) is 0 Å². The Balaban J connectivity index is 1.86. The van der Waals surface area contributed by atoms with Crippen molar-refractivity contribution in [3.8, 4) is 5.75 Å². The van der Waals surface area contributed by atoms with Gasteiger partial charge < -0.3 is 15.0 Å². The van der Waals surface area contributed by atoms with Gasteiger partial charge >= 0.3 is 0 Å². The highest BCUT2D eigenvalue weighted by atomic mass is 35.5. The van der Waals surface area contributed by atoms with Crippen molar-refractivity contribution in [3.63, 3.8) is 0 Å². The van der Waals surface area contributed by atoms with Crippen LogP contribution in [0.3, 0.4) is 0 Å². The second kappa shape index (κ2) is 7.37. The van der Waals surface area contributed by atoms with Crippen LogP contribution in [0.1, 0.15) is 26.4 Å². The Bertz CT molecular complexity index is 973. The molecule has 0 fully saturated rings. The van der Waals surface area contributed by atoms with E-state index in [1.807, 2.05) is 0 Å². The molecule has 0 atom stereocenters. The van der Waals surface area contributed by atoms with Crippen LogP contribution in [0.4, 0.5) is 10.1 Å². The van der Waals surface area contributed by atoms with Crippen molar-refractivity contribution >= 4 is 29.0 Å². The fourth-order valence-corrected chi connectivity index (χ4v) is 2.57. The number of hydrogen-bond acceptors (Lipinski definition) is 4. The number of H-pyrrole nitrogens is 1. The van der Waals surface area contributed by atoms with Gasteiger partial charge in [0.05, 0.1) is 29.6 Å². The maximum atomic E-state index is 14.4. The zero-order valence-electron chi connectivity index (χ0n) is 13.5. The van der Waals surface area contributed by atoms with Crippen LogP contribution in [0.5, 0.6) is 5.75 Å². The van der Waals surface area contributed by atoms with Crippen LogP contribution >= 0.6 is 11.6 Å². The van der Waals surface area contributed by atoms with Crippen LogP contribution in [0, 0.1) is 5.82 Å². The van der Waals surface area contributed by atoms with E-state index in [2.05, 4.69) is 15.3 Å². The Hall–Kier alpha value is -3.19. The second-order valence-corrected chi connectivity index (χ2v) is 5.67. The van der Waals surface area contributed by atoms with Gasteiger partial charge in [0.15, 0.2) is 17.3 Å². The van der Waals surface area contributed by atoms with E-state index < -0.39 is 17.5 Å². The lowest BCUT2D eigenvalue weighted by atomic mass is 10.0. The Morgan fingerprint density at radius 3 is 2.81 bits per heavy atom. The lowest BCUT2D eigenvalue weighted by molar-refractivity contribution is 0.102. The van der Waals surface area contributed by atoms with Gasteiger partial charge in [-0.15, -0.1) is 0 Å². The van der Waals surface area contributed by atoms with E-state index in [1.54, 1.807) is 18.3 Å². The molecular weight excluding hydrogens is 361 g/mol. The molecule has 2 N–H and O–H groups in total. The summed E-state index contributed by atoms with van der Waals surface area (Å²) in [6, 6.07) is 7.37. The minimum absolute atomic E-state index is 0.0455. The van der Waals surface area contributed by atoms with Crippen molar-refractivity contribution in [2.24, 2.45) is 0 Å². The molecule has 8 heteroatoms. The smallest absolute Gasteiger partial charge is 0.272 e. The number of nitrogens with zero attached hydrogens (tertiary/aromatic N) is 1. The van der Waals surface area contributed by atoms with E-state index in [9.17, 15) is 14.0 Å². The third kappa shape index (κ3) is 3.43. The van der Waals surface area contributed by atoms with Crippen molar-refractivity contribution in [1.29, 1.82) is 0 Å². The van der Waals surface area contributed by atoms with Gasteiger partial charge in [-0.05, 0) is 30.3 Å². The number of nitrogens with one attached hydrogen (secondary N) is 2. The summed E-state index contributed by atoms with van der Waals surface area (Å²) in [5, 5.41) is 2.58. The van der Waals surface area contributed by atoms with Gasteiger partial charge in [0, 0.05) is 18.0 Å². The molecular formula is C18H13ClFN3O3. The van der Waals surface area contributed by atoms with Gasteiger partial charge in [-0.25, -0.2) is 4.39 Å². The molecule has 132 valence electrons. The third-order valence-electron chi connectivity index (χ3n) is 3.61. The highest BCUT2D eigenvalue weighted by molar-refractivity contribution is 6.35. The Morgan fingerprint density at radius 2 is 2.12 bits per heavy atom. The van der Waals surface area contributed by atoms with Crippen LogP contribution in [-0.2, 0) is 0 Å². The predicted octanol–water partition coefficient (Wildman–Crippen LogP) is 3.69. The van der Waals surface area contributed by atoms with Gasteiger partial charge in [0.1, 0.15) is 5.69 Å². The number of rotatable bonds is 5. The van der Waals surface area contributed by atoms with Crippen molar-refractivity contribution in [1.82, 2.24) is 9.97 Å². The van der Waals surface area contributed by atoms with Crippen LogP contribution in [0.25, 0.3) is 0 Å². The number of methoxy groups -OCH3 is 1. The van der Waals surface area contributed by atoms with Crippen molar-refractivity contribution < 1.29 is 18.7 Å². The van der Waals surface area contributed by atoms with Crippen LogP contribution < -0.4 is 10.1 Å². The number of aromatic nitrogens is 2. The van der Waals surface area contributed by atoms with E-state index in [0.29, 0.717) is 5.69 Å². The molecule has 26 heavy (non-hydrogen) atoms. The molecule has 0 aliphatic heterocycles. The van der Waals surface area contributed by atoms with E-state index in [4.69, 9.17) is 16.3 Å². The summed E-state index contributed by atoms with van der Waals surface area (Å²) in [5.41, 5.74) is 0.415. The molecule has 0 saturated heterocycles. The molecule has 2 heterocycles. The number of ether oxygens (including phenoxy) is 1. The topological polar surface area (TPSA) is 84.1 Å². The number of halogens is 2. The zero-order chi connectivity index (χ0) is 18.7. The van der Waals surface area contributed by atoms with Crippen LogP contribution in [0.2, 0.25) is 5.02 Å². The van der Waals surface area contributed by atoms with E-state index in [-0.39, 0.29) is 27.6 Å². The quantitative estimate of drug-likeness (QED) is 0.668. The first-order valence-corrected chi connectivity index (χ1v) is 7.85. The first-order chi connectivity index (χ1) is 12.5. The Morgan fingerprint density at radius 1 is 1.31 bits per heavy atom. The number of anilines is 1. The summed E-state index contributed by atoms with van der Waals surface area (Å²) in [5.74, 6) is -2.08. The Kier molecular flexibility index (Phi) is 4.99. The molecule has 1 amide bonds. The number of aromatic amines is 1. The number of carbonyl (C=O) groups excluding carboxylic acids is 2. The average Bonchev–Trinajstić information content (AvgIpc) is 3.13. The van der Waals surface area contributed by atoms with Gasteiger partial charge in [-0.1, -0.05) is 11.6 Å². The number of hydrogen-bond donors (Lipinski definition) is 2. The molecule has 1 aromatic carbocycles. The largest absolute Gasteiger partial charge is 0.494 e. The van der Waals surface area contributed by atoms with Crippen molar-refractivity contribution in [2.75, 3.05) is 12.4 Å². The minimum atomic E-state index is -0.854. The lowest BCUT2D eigenvalue weighted by Crippen LogP contribution is -2.12. The number of pyridine rings is 1. The Labute approximate surface area is 153 Å². The molecule has 0 unspecified atom stereocenters. The highest BCUT2D eigenvalue weighted by Gasteiger charge is 2.23. The molecule has 0 aliphatic carbocycles.